The van der Waals surface area contributed by atoms with Gasteiger partial charge in [0.15, 0.2) is 0 Å². The van der Waals surface area contributed by atoms with Gasteiger partial charge in [-0.1, -0.05) is 24.3 Å². The summed E-state index contributed by atoms with van der Waals surface area (Å²) in [5.41, 5.74) is 2.01. The number of aromatic nitrogens is 3. The zero-order valence-electron chi connectivity index (χ0n) is 16.9. The number of halogens is 1. The molecule has 0 saturated carbocycles. The molecule has 4 rings (SSSR count). The van der Waals surface area contributed by atoms with Crippen LogP contribution < -0.4 is 0 Å². The Morgan fingerprint density at radius 1 is 0.969 bits per heavy atom. The van der Waals surface area contributed by atoms with Gasteiger partial charge in [-0.15, -0.1) is 5.10 Å². The minimum atomic E-state index is -4.04. The quantitative estimate of drug-likeness (QED) is 0.472. The number of aryl methyl sites for hydroxylation is 1. The minimum absolute atomic E-state index is 0.0614. The van der Waals surface area contributed by atoms with Crippen molar-refractivity contribution in [2.75, 3.05) is 0 Å². The lowest BCUT2D eigenvalue weighted by molar-refractivity contribution is 0.0697. The zero-order valence-corrected chi connectivity index (χ0v) is 17.8. The van der Waals surface area contributed by atoms with Crippen LogP contribution in [0.25, 0.3) is 16.9 Å². The largest absolute Gasteiger partial charge is 0.478 e. The number of benzene rings is 3. The van der Waals surface area contributed by atoms with Crippen molar-refractivity contribution >= 4 is 15.8 Å². The standard InChI is InChI=1S/C23H18FN3O4S/c1-2-15-3-13-20(14-4-15)32(30,31)22-21(16-5-9-18(24)10-6-16)27(26-25-22)19-11-7-17(8-12-19)23(28)29/h3-14H,2H2,1H3,(H,28,29). The molecule has 0 spiro atoms. The number of carboxylic acid groups (broad SMARTS) is 1. The van der Waals surface area contributed by atoms with Crippen LogP contribution in [0.15, 0.2) is 82.7 Å². The monoisotopic (exact) mass is 451 g/mol. The molecule has 4 aromatic rings. The predicted molar refractivity (Wildman–Crippen MR) is 115 cm³/mol. The number of carbonyl (C=O) groups is 1. The van der Waals surface area contributed by atoms with Crippen LogP contribution in [0.5, 0.6) is 0 Å². The highest BCUT2D eigenvalue weighted by Gasteiger charge is 2.29. The second-order valence-corrected chi connectivity index (χ2v) is 8.88. The maximum atomic E-state index is 13.5. The Morgan fingerprint density at radius 3 is 2.16 bits per heavy atom. The smallest absolute Gasteiger partial charge is 0.335 e. The van der Waals surface area contributed by atoms with Crippen LogP contribution in [-0.2, 0) is 16.3 Å². The highest BCUT2D eigenvalue weighted by molar-refractivity contribution is 7.91. The number of nitrogens with zero attached hydrogens (tertiary/aromatic N) is 3. The van der Waals surface area contributed by atoms with Crippen molar-refractivity contribution in [3.8, 4) is 16.9 Å². The minimum Gasteiger partial charge on any atom is -0.478 e. The van der Waals surface area contributed by atoms with E-state index in [1.165, 1.54) is 65.3 Å². The zero-order chi connectivity index (χ0) is 22.9. The molecule has 7 nitrogen and oxygen atoms in total. The van der Waals surface area contributed by atoms with E-state index in [4.69, 9.17) is 5.11 Å². The van der Waals surface area contributed by atoms with E-state index in [1.807, 2.05) is 6.92 Å². The van der Waals surface area contributed by atoms with E-state index >= 15 is 0 Å². The highest BCUT2D eigenvalue weighted by Crippen LogP contribution is 2.32. The van der Waals surface area contributed by atoms with Gasteiger partial charge in [-0.2, -0.15) is 0 Å². The molecule has 0 aliphatic heterocycles. The summed E-state index contributed by atoms with van der Waals surface area (Å²) in [5.74, 6) is -1.56. The third-order valence-corrected chi connectivity index (χ3v) is 6.69. The van der Waals surface area contributed by atoms with E-state index in [0.717, 1.165) is 12.0 Å². The van der Waals surface area contributed by atoms with Gasteiger partial charge in [0.25, 0.3) is 0 Å². The fourth-order valence-corrected chi connectivity index (χ4v) is 4.56. The molecule has 1 N–H and O–H groups in total. The van der Waals surface area contributed by atoms with E-state index in [1.54, 1.807) is 12.1 Å². The molecule has 1 heterocycles. The van der Waals surface area contributed by atoms with Crippen LogP contribution in [0, 0.1) is 5.82 Å². The molecule has 0 radical (unpaired) electrons. The molecule has 3 aromatic carbocycles. The Hall–Kier alpha value is -3.85. The number of carboxylic acids is 1. The van der Waals surface area contributed by atoms with Gasteiger partial charge in [0.1, 0.15) is 11.5 Å². The summed E-state index contributed by atoms with van der Waals surface area (Å²) < 4.78 is 41.7. The highest BCUT2D eigenvalue weighted by atomic mass is 32.2. The first-order valence-electron chi connectivity index (χ1n) is 9.70. The Balaban J connectivity index is 1.91. The molecule has 0 amide bonds. The molecule has 0 fully saturated rings. The SMILES string of the molecule is CCc1ccc(S(=O)(=O)c2nnn(-c3ccc(C(=O)O)cc3)c2-c2ccc(F)cc2)cc1. The Labute approximate surface area is 183 Å². The van der Waals surface area contributed by atoms with Crippen LogP contribution in [0.4, 0.5) is 4.39 Å². The second kappa shape index (κ2) is 8.35. The van der Waals surface area contributed by atoms with Gasteiger partial charge in [0, 0.05) is 5.56 Å². The summed E-state index contributed by atoms with van der Waals surface area (Å²) in [4.78, 5) is 11.2. The predicted octanol–water partition coefficient (Wildman–Crippen LogP) is 4.17. The average Bonchev–Trinajstić information content (AvgIpc) is 3.26. The summed E-state index contributed by atoms with van der Waals surface area (Å²) in [6.07, 6.45) is 0.768. The van der Waals surface area contributed by atoms with Crippen molar-refractivity contribution in [3.63, 3.8) is 0 Å². The van der Waals surface area contributed by atoms with Gasteiger partial charge in [-0.25, -0.2) is 22.3 Å². The van der Waals surface area contributed by atoms with Crippen molar-refractivity contribution in [2.45, 2.75) is 23.3 Å². The fraction of sp³-hybridized carbons (Fsp3) is 0.0870. The van der Waals surface area contributed by atoms with Crippen molar-refractivity contribution in [1.29, 1.82) is 0 Å². The molecule has 32 heavy (non-hydrogen) atoms. The maximum Gasteiger partial charge on any atom is 0.335 e. The maximum absolute atomic E-state index is 13.5. The Bertz CT molecular complexity index is 1380. The van der Waals surface area contributed by atoms with E-state index in [2.05, 4.69) is 10.3 Å². The summed E-state index contributed by atoms with van der Waals surface area (Å²) in [5, 5.41) is 16.8. The van der Waals surface area contributed by atoms with Gasteiger partial charge >= 0.3 is 5.97 Å². The molecule has 1 aromatic heterocycles. The number of hydrogen-bond donors (Lipinski definition) is 1. The van der Waals surface area contributed by atoms with Gasteiger partial charge in [0.05, 0.1) is 16.1 Å². The summed E-state index contributed by atoms with van der Waals surface area (Å²) in [6.45, 7) is 1.97. The number of rotatable bonds is 6. The molecule has 0 saturated heterocycles. The lowest BCUT2D eigenvalue weighted by Gasteiger charge is -2.10. The molecule has 9 heteroatoms. The van der Waals surface area contributed by atoms with Gasteiger partial charge in [-0.05, 0) is 72.6 Å². The van der Waals surface area contributed by atoms with E-state index < -0.39 is 21.6 Å². The van der Waals surface area contributed by atoms with Crippen molar-refractivity contribution in [1.82, 2.24) is 15.0 Å². The molecule has 0 aliphatic carbocycles. The van der Waals surface area contributed by atoms with Crippen molar-refractivity contribution in [2.24, 2.45) is 0 Å². The van der Waals surface area contributed by atoms with Gasteiger partial charge in [0.2, 0.25) is 14.9 Å². The van der Waals surface area contributed by atoms with Crippen molar-refractivity contribution in [3.05, 3.63) is 89.7 Å². The van der Waals surface area contributed by atoms with Crippen LogP contribution in [0.3, 0.4) is 0 Å². The topological polar surface area (TPSA) is 102 Å². The molecule has 0 unspecified atom stereocenters. The molecular weight excluding hydrogens is 433 g/mol. The first kappa shape index (κ1) is 21.4. The molecule has 0 bridgehead atoms. The van der Waals surface area contributed by atoms with Gasteiger partial charge in [-0.3, -0.25) is 0 Å². The van der Waals surface area contributed by atoms with Gasteiger partial charge < -0.3 is 5.11 Å². The number of aromatic carboxylic acids is 1. The summed E-state index contributed by atoms with van der Waals surface area (Å²) in [6, 6.07) is 17.6. The second-order valence-electron chi connectivity index (χ2n) is 7.01. The lowest BCUT2D eigenvalue weighted by Crippen LogP contribution is -2.06. The van der Waals surface area contributed by atoms with Crippen LogP contribution >= 0.6 is 0 Å². The third-order valence-electron chi connectivity index (χ3n) is 5.01. The summed E-state index contributed by atoms with van der Waals surface area (Å²) >= 11 is 0. The molecular formula is C23H18FN3O4S. The molecule has 162 valence electrons. The number of sulfone groups is 1. The van der Waals surface area contributed by atoms with Crippen LogP contribution in [0.2, 0.25) is 0 Å². The molecule has 0 aliphatic rings. The fourth-order valence-electron chi connectivity index (χ4n) is 3.24. The van der Waals surface area contributed by atoms with Crippen LogP contribution in [-0.4, -0.2) is 34.5 Å². The van der Waals surface area contributed by atoms with E-state index in [9.17, 15) is 17.6 Å². The first-order chi connectivity index (χ1) is 15.3. The Morgan fingerprint density at radius 2 is 1.59 bits per heavy atom. The average molecular weight is 451 g/mol. The Kier molecular flexibility index (Phi) is 5.58. The number of hydrogen-bond acceptors (Lipinski definition) is 5. The first-order valence-corrected chi connectivity index (χ1v) is 11.2. The normalized spacial score (nSPS) is 11.4. The van der Waals surface area contributed by atoms with Crippen molar-refractivity contribution < 1.29 is 22.7 Å². The van der Waals surface area contributed by atoms with Crippen LogP contribution in [0.1, 0.15) is 22.8 Å². The lowest BCUT2D eigenvalue weighted by atomic mass is 10.1. The van der Waals surface area contributed by atoms with E-state index in [0.29, 0.717) is 11.3 Å². The van der Waals surface area contributed by atoms with E-state index in [-0.39, 0.29) is 21.2 Å². The third kappa shape index (κ3) is 3.90. The summed E-state index contributed by atoms with van der Waals surface area (Å²) in [7, 11) is -4.04. The molecule has 0 atom stereocenters.